The Morgan fingerprint density at radius 2 is 1.92 bits per heavy atom. The molecule has 7 nitrogen and oxygen atoms in total. The van der Waals surface area contributed by atoms with Crippen LogP contribution in [0.15, 0.2) is 30.5 Å². The van der Waals surface area contributed by atoms with E-state index in [0.717, 1.165) is 69.5 Å². The Morgan fingerprint density at radius 3 is 2.62 bits per heavy atom. The topological polar surface area (TPSA) is 66.4 Å². The second kappa shape index (κ2) is 7.86. The van der Waals surface area contributed by atoms with Gasteiger partial charge in [-0.1, -0.05) is 6.07 Å². The smallest absolute Gasteiger partial charge is 0.224 e. The van der Waals surface area contributed by atoms with E-state index in [0.29, 0.717) is 5.95 Å². The van der Waals surface area contributed by atoms with E-state index in [-0.39, 0.29) is 6.10 Å². The standard InChI is InChI=1S/C19H26N6O/c1-15-13-18(23-19(22-15)21-14-16-5-4-12-26-16)25-10-8-24(9-11-25)17-6-2-3-7-20-17/h2-3,6-7,13,16H,4-5,8-12,14H2,1H3,(H,21,22,23). The van der Waals surface area contributed by atoms with Gasteiger partial charge in [0, 0.05) is 57.3 Å². The van der Waals surface area contributed by atoms with Gasteiger partial charge in [-0.05, 0) is 31.9 Å². The third-order valence-electron chi connectivity index (χ3n) is 4.93. The van der Waals surface area contributed by atoms with Crippen LogP contribution in [0.3, 0.4) is 0 Å². The number of hydrogen-bond donors (Lipinski definition) is 1. The fraction of sp³-hybridized carbons (Fsp3) is 0.526. The summed E-state index contributed by atoms with van der Waals surface area (Å²) in [7, 11) is 0. The van der Waals surface area contributed by atoms with E-state index in [4.69, 9.17) is 9.72 Å². The largest absolute Gasteiger partial charge is 0.376 e. The lowest BCUT2D eigenvalue weighted by Gasteiger charge is -2.36. The van der Waals surface area contributed by atoms with Gasteiger partial charge in [0.2, 0.25) is 5.95 Å². The molecular formula is C19H26N6O. The van der Waals surface area contributed by atoms with Crippen LogP contribution < -0.4 is 15.1 Å². The van der Waals surface area contributed by atoms with Gasteiger partial charge in [0.05, 0.1) is 6.10 Å². The summed E-state index contributed by atoms with van der Waals surface area (Å²) in [5, 5.41) is 3.35. The van der Waals surface area contributed by atoms with Crippen LogP contribution in [0.2, 0.25) is 0 Å². The monoisotopic (exact) mass is 354 g/mol. The second-order valence-electron chi connectivity index (χ2n) is 6.87. The van der Waals surface area contributed by atoms with Gasteiger partial charge >= 0.3 is 0 Å². The van der Waals surface area contributed by atoms with Crippen LogP contribution in [0.4, 0.5) is 17.6 Å². The zero-order chi connectivity index (χ0) is 17.8. The number of piperazine rings is 1. The van der Waals surface area contributed by atoms with Gasteiger partial charge in [0.15, 0.2) is 0 Å². The number of pyridine rings is 1. The molecule has 0 aliphatic carbocycles. The number of anilines is 3. The van der Waals surface area contributed by atoms with Gasteiger partial charge in [-0.2, -0.15) is 4.98 Å². The molecule has 2 aliphatic rings. The zero-order valence-electron chi connectivity index (χ0n) is 15.3. The maximum absolute atomic E-state index is 5.67. The quantitative estimate of drug-likeness (QED) is 0.882. The zero-order valence-corrected chi connectivity index (χ0v) is 15.3. The molecule has 1 unspecified atom stereocenters. The van der Waals surface area contributed by atoms with Gasteiger partial charge < -0.3 is 19.9 Å². The highest BCUT2D eigenvalue weighted by atomic mass is 16.5. The average molecular weight is 354 g/mol. The predicted octanol–water partition coefficient (Wildman–Crippen LogP) is 2.10. The predicted molar refractivity (Wildman–Crippen MR) is 103 cm³/mol. The third kappa shape index (κ3) is 4.04. The van der Waals surface area contributed by atoms with Crippen molar-refractivity contribution in [1.29, 1.82) is 0 Å². The summed E-state index contributed by atoms with van der Waals surface area (Å²) in [6.07, 6.45) is 4.39. The number of nitrogens with zero attached hydrogens (tertiary/aromatic N) is 5. The van der Waals surface area contributed by atoms with Crippen LogP contribution in [0.1, 0.15) is 18.5 Å². The molecule has 2 saturated heterocycles. The molecule has 2 aromatic rings. The molecule has 0 saturated carbocycles. The normalized spacial score (nSPS) is 20.4. The highest BCUT2D eigenvalue weighted by Crippen LogP contribution is 2.20. The van der Waals surface area contributed by atoms with E-state index >= 15 is 0 Å². The number of rotatable bonds is 5. The van der Waals surface area contributed by atoms with Gasteiger partial charge in [0.1, 0.15) is 11.6 Å². The van der Waals surface area contributed by atoms with Crippen LogP contribution in [-0.4, -0.2) is 60.4 Å². The average Bonchev–Trinajstić information content (AvgIpc) is 3.20. The number of aromatic nitrogens is 3. The van der Waals surface area contributed by atoms with Crippen molar-refractivity contribution in [1.82, 2.24) is 15.0 Å². The van der Waals surface area contributed by atoms with Crippen molar-refractivity contribution in [3.05, 3.63) is 36.2 Å². The van der Waals surface area contributed by atoms with Crippen molar-refractivity contribution in [3.8, 4) is 0 Å². The Bertz CT molecular complexity index is 711. The molecular weight excluding hydrogens is 328 g/mol. The van der Waals surface area contributed by atoms with Gasteiger partial charge in [-0.15, -0.1) is 0 Å². The minimum Gasteiger partial charge on any atom is -0.376 e. The molecule has 0 amide bonds. The highest BCUT2D eigenvalue weighted by Gasteiger charge is 2.20. The molecule has 1 N–H and O–H groups in total. The van der Waals surface area contributed by atoms with Crippen LogP contribution in [0.5, 0.6) is 0 Å². The second-order valence-corrected chi connectivity index (χ2v) is 6.87. The summed E-state index contributed by atoms with van der Waals surface area (Å²) in [5.74, 6) is 2.74. The van der Waals surface area contributed by atoms with E-state index in [1.165, 1.54) is 0 Å². The fourth-order valence-electron chi connectivity index (χ4n) is 3.51. The lowest BCUT2D eigenvalue weighted by Crippen LogP contribution is -2.47. The van der Waals surface area contributed by atoms with Crippen LogP contribution in [0.25, 0.3) is 0 Å². The molecule has 2 fully saturated rings. The summed E-state index contributed by atoms with van der Waals surface area (Å²) >= 11 is 0. The molecule has 0 spiro atoms. The molecule has 1 atom stereocenters. The van der Waals surface area contributed by atoms with E-state index < -0.39 is 0 Å². The number of ether oxygens (including phenoxy) is 1. The Hall–Kier alpha value is -2.41. The van der Waals surface area contributed by atoms with E-state index in [1.54, 1.807) is 0 Å². The van der Waals surface area contributed by atoms with Gasteiger partial charge in [-0.3, -0.25) is 0 Å². The minimum absolute atomic E-state index is 0.282. The molecule has 7 heteroatoms. The first-order valence-electron chi connectivity index (χ1n) is 9.40. The fourth-order valence-corrected chi connectivity index (χ4v) is 3.51. The maximum atomic E-state index is 5.67. The van der Waals surface area contributed by atoms with E-state index in [9.17, 15) is 0 Å². The molecule has 0 radical (unpaired) electrons. The van der Waals surface area contributed by atoms with E-state index in [2.05, 4.69) is 37.2 Å². The van der Waals surface area contributed by atoms with Crippen LogP contribution >= 0.6 is 0 Å². The summed E-state index contributed by atoms with van der Waals surface area (Å²) in [6, 6.07) is 8.12. The van der Waals surface area contributed by atoms with Crippen LogP contribution in [0, 0.1) is 6.92 Å². The molecule has 0 bridgehead atoms. The van der Waals surface area contributed by atoms with E-state index in [1.807, 2.05) is 25.3 Å². The Labute approximate surface area is 154 Å². The Balaban J connectivity index is 1.38. The molecule has 0 aromatic carbocycles. The summed E-state index contributed by atoms with van der Waals surface area (Å²) < 4.78 is 5.67. The third-order valence-corrected chi connectivity index (χ3v) is 4.93. The highest BCUT2D eigenvalue weighted by molar-refractivity contribution is 5.48. The minimum atomic E-state index is 0.282. The molecule has 2 aromatic heterocycles. The first kappa shape index (κ1) is 17.0. The van der Waals surface area contributed by atoms with Crippen molar-refractivity contribution >= 4 is 17.6 Å². The lowest BCUT2D eigenvalue weighted by atomic mass is 10.2. The summed E-state index contributed by atoms with van der Waals surface area (Å²) in [6.45, 7) is 7.41. The van der Waals surface area contributed by atoms with Crippen molar-refractivity contribution < 1.29 is 4.74 Å². The first-order chi connectivity index (χ1) is 12.8. The van der Waals surface area contributed by atoms with Crippen molar-refractivity contribution in [2.24, 2.45) is 0 Å². The van der Waals surface area contributed by atoms with Crippen LogP contribution in [-0.2, 0) is 4.74 Å². The molecule has 2 aliphatic heterocycles. The molecule has 138 valence electrons. The maximum Gasteiger partial charge on any atom is 0.224 e. The summed E-state index contributed by atoms with van der Waals surface area (Å²) in [5.41, 5.74) is 0.983. The Kier molecular flexibility index (Phi) is 5.15. The molecule has 4 heterocycles. The lowest BCUT2D eigenvalue weighted by molar-refractivity contribution is 0.120. The SMILES string of the molecule is Cc1cc(N2CCN(c3ccccn3)CC2)nc(NCC2CCCO2)n1. The first-order valence-corrected chi connectivity index (χ1v) is 9.40. The summed E-state index contributed by atoms with van der Waals surface area (Å²) in [4.78, 5) is 18.4. The Morgan fingerprint density at radius 1 is 1.12 bits per heavy atom. The van der Waals surface area contributed by atoms with Crippen molar-refractivity contribution in [2.75, 3.05) is 54.4 Å². The van der Waals surface area contributed by atoms with Crippen molar-refractivity contribution in [2.45, 2.75) is 25.9 Å². The molecule has 4 rings (SSSR count). The number of hydrogen-bond acceptors (Lipinski definition) is 7. The number of nitrogens with one attached hydrogen (secondary N) is 1. The van der Waals surface area contributed by atoms with Gasteiger partial charge in [0.25, 0.3) is 0 Å². The van der Waals surface area contributed by atoms with Gasteiger partial charge in [-0.25, -0.2) is 9.97 Å². The number of aryl methyl sites for hydroxylation is 1. The molecule has 26 heavy (non-hydrogen) atoms. The van der Waals surface area contributed by atoms with Crippen molar-refractivity contribution in [3.63, 3.8) is 0 Å².